The van der Waals surface area contributed by atoms with Gasteiger partial charge in [0.05, 0.1) is 4.90 Å². The van der Waals surface area contributed by atoms with Crippen LogP contribution in [0, 0.1) is 0 Å². The molecular formula is C26H24ClNO2S. The second-order valence-corrected chi connectivity index (χ2v) is 10.1. The van der Waals surface area contributed by atoms with Crippen LogP contribution in [0.1, 0.15) is 25.0 Å². The fourth-order valence-electron chi connectivity index (χ4n) is 4.00. The average molecular weight is 450 g/mol. The lowest BCUT2D eigenvalue weighted by molar-refractivity contribution is 0.433. The van der Waals surface area contributed by atoms with Gasteiger partial charge in [0, 0.05) is 16.5 Å². The lowest BCUT2D eigenvalue weighted by atomic mass is 9.71. The standard InChI is InChI=1S/C26H24ClNO2S/c1-19(28-31(29,30)25-17-12-20-8-6-7-9-21(20)18-25)26(2,22-10-4-3-5-11-22)23-13-15-24(27)16-14-23/h3-19,28H,1-2H3. The van der Waals surface area contributed by atoms with Crippen molar-refractivity contribution in [3.63, 3.8) is 0 Å². The average Bonchev–Trinajstić information content (AvgIpc) is 2.79. The number of halogens is 1. The van der Waals surface area contributed by atoms with E-state index in [1.807, 2.05) is 91.9 Å². The van der Waals surface area contributed by atoms with E-state index in [0.29, 0.717) is 5.02 Å². The van der Waals surface area contributed by atoms with E-state index in [1.54, 1.807) is 12.1 Å². The van der Waals surface area contributed by atoms with Crippen molar-refractivity contribution in [3.05, 3.63) is 113 Å². The maximum absolute atomic E-state index is 13.3. The van der Waals surface area contributed by atoms with Gasteiger partial charge in [0.2, 0.25) is 10.0 Å². The van der Waals surface area contributed by atoms with E-state index in [9.17, 15) is 8.42 Å². The van der Waals surface area contributed by atoms with Gasteiger partial charge in [-0.15, -0.1) is 0 Å². The smallest absolute Gasteiger partial charge is 0.207 e. The van der Waals surface area contributed by atoms with Crippen LogP contribution in [0.5, 0.6) is 0 Å². The Morgan fingerprint density at radius 2 is 1.35 bits per heavy atom. The van der Waals surface area contributed by atoms with Crippen LogP contribution in [0.25, 0.3) is 10.8 Å². The fraction of sp³-hybridized carbons (Fsp3) is 0.154. The summed E-state index contributed by atoms with van der Waals surface area (Å²) in [6.45, 7) is 3.96. The highest BCUT2D eigenvalue weighted by molar-refractivity contribution is 7.89. The van der Waals surface area contributed by atoms with Crippen LogP contribution in [0.4, 0.5) is 0 Å². The number of benzene rings is 4. The summed E-state index contributed by atoms with van der Waals surface area (Å²) >= 11 is 6.11. The first-order valence-electron chi connectivity index (χ1n) is 10.1. The van der Waals surface area contributed by atoms with E-state index in [0.717, 1.165) is 21.9 Å². The third kappa shape index (κ3) is 4.24. The highest BCUT2D eigenvalue weighted by Crippen LogP contribution is 2.36. The zero-order valence-corrected chi connectivity index (χ0v) is 19.0. The number of hydrogen-bond donors (Lipinski definition) is 1. The molecule has 4 aromatic carbocycles. The molecule has 0 aromatic heterocycles. The largest absolute Gasteiger partial charge is 0.240 e. The quantitative estimate of drug-likeness (QED) is 0.382. The van der Waals surface area contributed by atoms with Gasteiger partial charge in [0.15, 0.2) is 0 Å². The van der Waals surface area contributed by atoms with E-state index in [2.05, 4.69) is 11.6 Å². The molecule has 0 fully saturated rings. The van der Waals surface area contributed by atoms with E-state index in [4.69, 9.17) is 11.6 Å². The van der Waals surface area contributed by atoms with Crippen molar-refractivity contribution in [2.75, 3.05) is 0 Å². The normalized spacial score (nSPS) is 14.8. The molecule has 2 atom stereocenters. The molecule has 0 saturated carbocycles. The Morgan fingerprint density at radius 1 is 0.774 bits per heavy atom. The molecule has 0 radical (unpaired) electrons. The van der Waals surface area contributed by atoms with Gasteiger partial charge in [-0.25, -0.2) is 13.1 Å². The molecule has 5 heteroatoms. The molecule has 0 heterocycles. The number of hydrogen-bond acceptors (Lipinski definition) is 2. The molecule has 4 rings (SSSR count). The minimum atomic E-state index is -3.73. The Hall–Kier alpha value is -2.66. The molecule has 0 aliphatic heterocycles. The Bertz CT molecular complexity index is 1300. The summed E-state index contributed by atoms with van der Waals surface area (Å²) in [4.78, 5) is 0.254. The number of fused-ring (bicyclic) bond motifs is 1. The van der Waals surface area contributed by atoms with E-state index in [1.165, 1.54) is 0 Å². The van der Waals surface area contributed by atoms with Gasteiger partial charge >= 0.3 is 0 Å². The minimum Gasteiger partial charge on any atom is -0.207 e. The zero-order valence-electron chi connectivity index (χ0n) is 17.4. The Balaban J connectivity index is 1.74. The second-order valence-electron chi connectivity index (χ2n) is 7.93. The monoisotopic (exact) mass is 449 g/mol. The van der Waals surface area contributed by atoms with Crippen LogP contribution in [-0.2, 0) is 15.4 Å². The maximum atomic E-state index is 13.3. The molecule has 31 heavy (non-hydrogen) atoms. The van der Waals surface area contributed by atoms with Gasteiger partial charge in [0.25, 0.3) is 0 Å². The van der Waals surface area contributed by atoms with Crippen molar-refractivity contribution in [2.45, 2.75) is 30.2 Å². The molecular weight excluding hydrogens is 426 g/mol. The van der Waals surface area contributed by atoms with Crippen LogP contribution in [0.2, 0.25) is 5.02 Å². The summed E-state index contributed by atoms with van der Waals surface area (Å²) in [6, 6.07) is 30.0. The maximum Gasteiger partial charge on any atom is 0.240 e. The first-order chi connectivity index (χ1) is 14.8. The van der Waals surface area contributed by atoms with Gasteiger partial charge in [0.1, 0.15) is 0 Å². The molecule has 0 bridgehead atoms. The van der Waals surface area contributed by atoms with Gasteiger partial charge in [-0.1, -0.05) is 84.4 Å². The summed E-state index contributed by atoms with van der Waals surface area (Å²) in [5.41, 5.74) is 1.40. The Labute approximate surface area is 188 Å². The van der Waals surface area contributed by atoms with Crippen molar-refractivity contribution < 1.29 is 8.42 Å². The summed E-state index contributed by atoms with van der Waals surface area (Å²) in [7, 11) is -3.73. The lowest BCUT2D eigenvalue weighted by Gasteiger charge is -2.37. The first-order valence-corrected chi connectivity index (χ1v) is 12.0. The molecule has 1 N–H and O–H groups in total. The highest BCUT2D eigenvalue weighted by atomic mass is 35.5. The topological polar surface area (TPSA) is 46.2 Å². The molecule has 0 spiro atoms. The van der Waals surface area contributed by atoms with Crippen LogP contribution in [0.3, 0.4) is 0 Å². The molecule has 0 aliphatic rings. The third-order valence-corrected chi connectivity index (χ3v) is 7.84. The SMILES string of the molecule is CC(NS(=O)(=O)c1ccc2ccccc2c1)C(C)(c1ccccc1)c1ccc(Cl)cc1. The predicted molar refractivity (Wildman–Crippen MR) is 128 cm³/mol. The van der Waals surface area contributed by atoms with Gasteiger partial charge in [-0.05, 0) is 60.0 Å². The third-order valence-electron chi connectivity index (χ3n) is 6.05. The zero-order chi connectivity index (χ0) is 22.1. The summed E-state index contributed by atoms with van der Waals surface area (Å²) in [5.74, 6) is 0. The molecule has 3 nitrogen and oxygen atoms in total. The molecule has 0 saturated heterocycles. The first kappa shape index (κ1) is 21.6. The van der Waals surface area contributed by atoms with E-state index >= 15 is 0 Å². The molecule has 158 valence electrons. The number of rotatable bonds is 6. The molecule has 0 aliphatic carbocycles. The number of sulfonamides is 1. The van der Waals surface area contributed by atoms with Gasteiger partial charge in [-0.3, -0.25) is 0 Å². The van der Waals surface area contributed by atoms with Gasteiger partial charge in [-0.2, -0.15) is 0 Å². The molecule has 2 unspecified atom stereocenters. The van der Waals surface area contributed by atoms with Crippen molar-refractivity contribution in [3.8, 4) is 0 Å². The lowest BCUT2D eigenvalue weighted by Crippen LogP contribution is -2.47. The molecule has 0 amide bonds. The van der Waals surface area contributed by atoms with Crippen LogP contribution in [-0.4, -0.2) is 14.5 Å². The summed E-state index contributed by atoms with van der Waals surface area (Å²) in [5, 5.41) is 2.54. The van der Waals surface area contributed by atoms with Crippen molar-refractivity contribution in [1.29, 1.82) is 0 Å². The second kappa shape index (κ2) is 8.46. The predicted octanol–water partition coefficient (Wildman–Crippen LogP) is 6.17. The van der Waals surface area contributed by atoms with Crippen molar-refractivity contribution >= 4 is 32.4 Å². The summed E-state index contributed by atoms with van der Waals surface area (Å²) < 4.78 is 29.6. The minimum absolute atomic E-state index is 0.254. The Morgan fingerprint density at radius 3 is 2.03 bits per heavy atom. The van der Waals surface area contributed by atoms with Crippen molar-refractivity contribution in [1.82, 2.24) is 4.72 Å². The van der Waals surface area contributed by atoms with Crippen LogP contribution >= 0.6 is 11.6 Å². The van der Waals surface area contributed by atoms with E-state index < -0.39 is 21.5 Å². The van der Waals surface area contributed by atoms with Crippen LogP contribution in [0.15, 0.2) is 102 Å². The highest BCUT2D eigenvalue weighted by Gasteiger charge is 2.37. The molecule has 4 aromatic rings. The fourth-order valence-corrected chi connectivity index (χ4v) is 5.49. The number of nitrogens with one attached hydrogen (secondary N) is 1. The van der Waals surface area contributed by atoms with E-state index in [-0.39, 0.29) is 4.90 Å². The summed E-state index contributed by atoms with van der Waals surface area (Å²) in [6.07, 6.45) is 0. The van der Waals surface area contributed by atoms with Gasteiger partial charge < -0.3 is 0 Å². The van der Waals surface area contributed by atoms with Crippen LogP contribution < -0.4 is 4.72 Å². The Kier molecular flexibility index (Phi) is 5.89. The van der Waals surface area contributed by atoms with Crippen molar-refractivity contribution in [2.24, 2.45) is 0 Å².